The Hall–Kier alpha value is -0.166. The minimum absolute atomic E-state index is 0. The average molecular weight is 207 g/mol. The van der Waals surface area contributed by atoms with Crippen LogP contribution in [0.5, 0.6) is 0 Å². The summed E-state index contributed by atoms with van der Waals surface area (Å²) in [6.45, 7) is 19.5. The number of hydrogen-bond acceptors (Lipinski definition) is 0. The monoisotopic (exact) mass is 206 g/mol. The van der Waals surface area contributed by atoms with Crippen molar-refractivity contribution >= 4 is 0 Å². The molecule has 0 aromatic rings. The van der Waals surface area contributed by atoms with Crippen LogP contribution in [-0.4, -0.2) is 0 Å². The van der Waals surface area contributed by atoms with E-state index in [0.29, 0.717) is 0 Å². The van der Waals surface area contributed by atoms with Gasteiger partial charge in [0, 0.05) is 0 Å². The fraction of sp³-hybridized carbons (Fsp3) is 0. The van der Waals surface area contributed by atoms with Gasteiger partial charge in [-0.15, -0.1) is 0 Å². The summed E-state index contributed by atoms with van der Waals surface area (Å²) in [5.74, 6) is 0. The Morgan fingerprint density at radius 1 is 0.727 bits per heavy atom. The molecule has 0 nitrogen and oxygen atoms in total. The van der Waals surface area contributed by atoms with Crippen LogP contribution in [0.25, 0.3) is 0 Å². The molecule has 0 aliphatic heterocycles. The van der Waals surface area contributed by atoms with Gasteiger partial charge in [0.2, 0.25) is 0 Å². The molecule has 2 heteroatoms. The van der Waals surface area contributed by atoms with Crippen LogP contribution in [0, 0.1) is 20.8 Å². The van der Waals surface area contributed by atoms with Crippen molar-refractivity contribution in [3.63, 3.8) is 0 Å². The Morgan fingerprint density at radius 3 is 0.727 bits per heavy atom. The van der Waals surface area contributed by atoms with Crippen molar-refractivity contribution in [2.75, 3.05) is 0 Å². The van der Waals surface area contributed by atoms with E-state index in [1.54, 1.807) is 0 Å². The molecule has 62 valence electrons. The third kappa shape index (κ3) is 22000. The number of halogens is 1. The van der Waals surface area contributed by atoms with E-state index in [1.807, 2.05) is 0 Å². The van der Waals surface area contributed by atoms with E-state index in [-0.39, 0.29) is 34.1 Å². The van der Waals surface area contributed by atoms with Crippen LogP contribution in [0.2, 0.25) is 0 Å². The van der Waals surface area contributed by atoms with E-state index in [2.05, 4.69) is 40.5 Å². The first-order valence-electron chi connectivity index (χ1n) is 2.45. The van der Waals surface area contributed by atoms with E-state index in [0.717, 1.165) is 0 Å². The zero-order chi connectivity index (χ0) is 8.12. The van der Waals surface area contributed by atoms with E-state index >= 15 is 0 Å². The van der Waals surface area contributed by atoms with Gasteiger partial charge in [0.15, 0.2) is 0 Å². The third-order valence-electron chi connectivity index (χ3n) is 0. The first-order valence-corrected chi connectivity index (χ1v) is 2.45. The van der Waals surface area contributed by atoms with Crippen LogP contribution in [0.3, 0.4) is 0 Å². The minimum atomic E-state index is 0. The quantitative estimate of drug-likeness (QED) is 0.387. The predicted molar refractivity (Wildman–Crippen MR) is 46.7 cm³/mol. The second-order valence-corrected chi connectivity index (χ2v) is 0.866. The maximum Gasteiger partial charge on any atom is 4.00 e. The Labute approximate surface area is 92.8 Å². The Balaban J connectivity index is -0.0000000150. The summed E-state index contributed by atoms with van der Waals surface area (Å²) in [5.41, 5.74) is 0. The molecule has 0 saturated carbocycles. The smallest absolute Gasteiger partial charge is 1.00 e. The van der Waals surface area contributed by atoms with E-state index in [1.165, 1.54) is 18.2 Å². The minimum Gasteiger partial charge on any atom is -1.00 e. The Bertz CT molecular complexity index is 46.3. The molecule has 0 N–H and O–H groups in total. The summed E-state index contributed by atoms with van der Waals surface area (Å²) in [6.07, 6.45) is 4.50. The van der Waals surface area contributed by atoms with Gasteiger partial charge < -0.3 is 12.4 Å². The van der Waals surface area contributed by atoms with Crippen molar-refractivity contribution in [2.24, 2.45) is 0 Å². The molecule has 0 heterocycles. The van der Waals surface area contributed by atoms with Gasteiger partial charge in [-0.05, 0) is 0 Å². The third-order valence-corrected chi connectivity index (χ3v) is 0. The number of hydrogen-bond donors (Lipinski definition) is 0. The largest absolute Gasteiger partial charge is 4.00 e. The molecule has 0 fully saturated rings. The van der Waals surface area contributed by atoms with Crippen LogP contribution in [0.15, 0.2) is 38.0 Å². The van der Waals surface area contributed by atoms with Crippen molar-refractivity contribution in [3.05, 3.63) is 58.7 Å². The normalized spacial score (nSPS) is 3.27. The maximum absolute atomic E-state index is 3.25. The van der Waals surface area contributed by atoms with Gasteiger partial charge in [0.1, 0.15) is 0 Å². The molecule has 0 atom stereocenters. The standard InChI is InChI=1S/3C3H5.ClH.Ti/c3*1-3-2;;/h3*3H,1-2H2;1H;/q3*-1;;+4/p-1. The van der Waals surface area contributed by atoms with Gasteiger partial charge in [-0.3, -0.25) is 0 Å². The zero-order valence-corrected chi connectivity index (χ0v) is 9.17. The molecule has 0 aliphatic carbocycles. The SMILES string of the molecule is C=C[CH2-].C=C[CH2-].C=C[CH2-].[Cl-].[Ti+4]. The molecule has 0 saturated heterocycles. The molecular weight excluding hydrogens is 191 g/mol. The molecule has 0 bridgehead atoms. The summed E-state index contributed by atoms with van der Waals surface area (Å²) in [5, 5.41) is 0. The van der Waals surface area contributed by atoms with Crippen LogP contribution < -0.4 is 12.4 Å². The van der Waals surface area contributed by atoms with Crippen molar-refractivity contribution in [3.8, 4) is 0 Å². The van der Waals surface area contributed by atoms with Gasteiger partial charge >= 0.3 is 21.7 Å². The van der Waals surface area contributed by atoms with E-state index < -0.39 is 0 Å². The molecule has 0 aromatic carbocycles. The topological polar surface area (TPSA) is 0 Å². The van der Waals surface area contributed by atoms with Gasteiger partial charge in [-0.1, -0.05) is 0 Å². The molecule has 0 radical (unpaired) electrons. The molecular formula is C9H15ClTi. The van der Waals surface area contributed by atoms with E-state index in [9.17, 15) is 0 Å². The van der Waals surface area contributed by atoms with Crippen molar-refractivity contribution in [1.82, 2.24) is 0 Å². The average Bonchev–Trinajstić information content (AvgIpc) is 1.70. The number of allylic oxidation sites excluding steroid dienone is 3. The number of rotatable bonds is 0. The summed E-state index contributed by atoms with van der Waals surface area (Å²) < 4.78 is 0. The van der Waals surface area contributed by atoms with Gasteiger partial charge in [0.05, 0.1) is 0 Å². The molecule has 0 spiro atoms. The maximum atomic E-state index is 3.25. The molecule has 0 aliphatic rings. The molecule has 0 rings (SSSR count). The zero-order valence-electron chi connectivity index (χ0n) is 6.85. The van der Waals surface area contributed by atoms with Crippen molar-refractivity contribution < 1.29 is 34.1 Å². The second kappa shape index (κ2) is 95.5. The van der Waals surface area contributed by atoms with E-state index in [4.69, 9.17) is 0 Å². The molecule has 0 amide bonds. The van der Waals surface area contributed by atoms with Crippen LogP contribution in [0.4, 0.5) is 0 Å². The summed E-state index contributed by atoms with van der Waals surface area (Å²) in [6, 6.07) is 0. The van der Waals surface area contributed by atoms with Crippen LogP contribution in [-0.2, 0) is 21.7 Å². The van der Waals surface area contributed by atoms with Gasteiger partial charge in [0.25, 0.3) is 0 Å². The van der Waals surface area contributed by atoms with Crippen LogP contribution >= 0.6 is 0 Å². The van der Waals surface area contributed by atoms with Gasteiger partial charge in [-0.25, -0.2) is 58.7 Å². The molecule has 0 unspecified atom stereocenters. The Morgan fingerprint density at radius 2 is 0.727 bits per heavy atom. The Kier molecular flexibility index (Phi) is 267. The summed E-state index contributed by atoms with van der Waals surface area (Å²) >= 11 is 0. The second-order valence-electron chi connectivity index (χ2n) is 0.866. The van der Waals surface area contributed by atoms with Crippen LogP contribution in [0.1, 0.15) is 0 Å². The predicted octanol–water partition coefficient (Wildman–Crippen LogP) is 0.0210. The molecule has 11 heavy (non-hydrogen) atoms. The summed E-state index contributed by atoms with van der Waals surface area (Å²) in [4.78, 5) is 0. The van der Waals surface area contributed by atoms with Crippen molar-refractivity contribution in [1.29, 1.82) is 0 Å². The fourth-order valence-corrected chi connectivity index (χ4v) is 0. The first kappa shape index (κ1) is 30.8. The fourth-order valence-electron chi connectivity index (χ4n) is 0. The first-order chi connectivity index (χ1) is 4.24. The van der Waals surface area contributed by atoms with Crippen molar-refractivity contribution in [2.45, 2.75) is 0 Å². The molecule has 0 aromatic heterocycles. The summed E-state index contributed by atoms with van der Waals surface area (Å²) in [7, 11) is 0. The van der Waals surface area contributed by atoms with Gasteiger partial charge in [-0.2, -0.15) is 0 Å².